The van der Waals surface area contributed by atoms with Crippen LogP contribution in [0, 0.1) is 0 Å². The van der Waals surface area contributed by atoms with Crippen LogP contribution in [0.1, 0.15) is 0 Å². The molecule has 14 heteroatoms. The number of rotatable bonds is 0. The maximum Gasteiger partial charge on any atom is 0.226 e. The molecule has 0 aliphatic carbocycles. The van der Waals surface area contributed by atoms with E-state index in [9.17, 15) is 0 Å². The SMILES string of the molecule is Nc1nc(N)nc(N)n1.O.O.O=P([O-])([O-])[O-].[NH4+]. The predicted molar refractivity (Wildman–Crippen MR) is 53.9 cm³/mol. The van der Waals surface area contributed by atoms with Crippen LogP contribution in [-0.2, 0) is 4.57 Å². The first-order valence-electron chi connectivity index (χ1n) is 2.94. The standard InChI is InChI=1S/C3H6N6.H3N.H3O4P.2H2O/c4-1-7-2(5)9-3(6)8-1;;1-5(2,3)4;;/h(H6,4,5,6,7,8,9);1H3;(H3,1,2,3,4);2*1H2/p-2. The highest BCUT2D eigenvalue weighted by atomic mass is 31.2. The fourth-order valence-corrected chi connectivity index (χ4v) is 0.427. The zero-order chi connectivity index (χ0) is 11.4. The molecular formula is C3H14N7O6P-2. The molecular weight excluding hydrogens is 261 g/mol. The van der Waals surface area contributed by atoms with Crippen molar-refractivity contribution >= 4 is 25.7 Å². The van der Waals surface area contributed by atoms with Crippen molar-refractivity contribution in [2.24, 2.45) is 0 Å². The molecule has 0 radical (unpaired) electrons. The van der Waals surface area contributed by atoms with Crippen molar-refractivity contribution in [1.29, 1.82) is 0 Å². The average Bonchev–Trinajstić information content (AvgIpc) is 1.77. The van der Waals surface area contributed by atoms with Gasteiger partial charge < -0.3 is 53.5 Å². The molecule has 1 heterocycles. The molecule has 0 aliphatic heterocycles. The second kappa shape index (κ2) is 9.61. The molecule has 13 nitrogen and oxygen atoms in total. The molecule has 0 aromatic carbocycles. The Morgan fingerprint density at radius 2 is 0.941 bits per heavy atom. The Labute approximate surface area is 95.1 Å². The molecule has 0 spiro atoms. The van der Waals surface area contributed by atoms with E-state index in [1.165, 1.54) is 0 Å². The summed E-state index contributed by atoms with van der Waals surface area (Å²) in [5, 5.41) is 0. The van der Waals surface area contributed by atoms with E-state index >= 15 is 0 Å². The van der Waals surface area contributed by atoms with Gasteiger partial charge in [0.2, 0.25) is 17.8 Å². The minimum absolute atomic E-state index is 0. The van der Waals surface area contributed by atoms with Crippen molar-refractivity contribution in [3.63, 3.8) is 0 Å². The Morgan fingerprint density at radius 1 is 0.824 bits per heavy atom. The Balaban J connectivity index is -0.0000000948. The molecule has 104 valence electrons. The summed E-state index contributed by atoms with van der Waals surface area (Å²) in [5.41, 5.74) is 15.4. The highest BCUT2D eigenvalue weighted by molar-refractivity contribution is 7.40. The lowest BCUT2D eigenvalue weighted by Crippen LogP contribution is -2.24. The molecule has 1 rings (SSSR count). The summed E-state index contributed by atoms with van der Waals surface area (Å²) in [5.74, 6) is 0.125. The second-order valence-corrected chi connectivity index (χ2v) is 2.75. The van der Waals surface area contributed by atoms with Gasteiger partial charge in [-0.3, -0.25) is 0 Å². The molecule has 0 aliphatic rings. The van der Waals surface area contributed by atoms with E-state index < -0.39 is 7.82 Å². The number of aromatic nitrogens is 3. The lowest BCUT2D eigenvalue weighted by atomic mass is 10.9. The Bertz CT molecular complexity index is 297. The van der Waals surface area contributed by atoms with E-state index in [2.05, 4.69) is 15.0 Å². The van der Waals surface area contributed by atoms with E-state index in [0.717, 1.165) is 0 Å². The van der Waals surface area contributed by atoms with Crippen LogP contribution in [0.25, 0.3) is 0 Å². The first-order valence-corrected chi connectivity index (χ1v) is 4.40. The van der Waals surface area contributed by atoms with Gasteiger partial charge in [-0.1, -0.05) is 0 Å². The maximum absolute atomic E-state index is 8.55. The summed E-state index contributed by atoms with van der Waals surface area (Å²) in [4.78, 5) is 36.1. The van der Waals surface area contributed by atoms with Crippen LogP contribution in [0.4, 0.5) is 17.8 Å². The summed E-state index contributed by atoms with van der Waals surface area (Å²) >= 11 is 0. The zero-order valence-corrected chi connectivity index (χ0v) is 9.55. The van der Waals surface area contributed by atoms with Crippen LogP contribution in [0.5, 0.6) is 0 Å². The fourth-order valence-electron chi connectivity index (χ4n) is 0.427. The molecule has 0 atom stereocenters. The Morgan fingerprint density at radius 3 is 1.06 bits per heavy atom. The maximum atomic E-state index is 8.55. The van der Waals surface area contributed by atoms with Crippen molar-refractivity contribution in [2.45, 2.75) is 0 Å². The van der Waals surface area contributed by atoms with Gasteiger partial charge in [0.25, 0.3) is 0 Å². The van der Waals surface area contributed by atoms with E-state index in [4.69, 9.17) is 36.4 Å². The summed E-state index contributed by atoms with van der Waals surface area (Å²) in [7, 11) is -5.39. The number of nitrogens with two attached hydrogens (primary N) is 3. The summed E-state index contributed by atoms with van der Waals surface area (Å²) in [6.45, 7) is 0. The van der Waals surface area contributed by atoms with Crippen LogP contribution in [-0.4, -0.2) is 25.9 Å². The fraction of sp³-hybridized carbons (Fsp3) is 0. The molecule has 0 saturated heterocycles. The number of nitrogens with zero attached hydrogens (tertiary/aromatic N) is 3. The molecule has 0 unspecified atom stereocenters. The third kappa shape index (κ3) is 20.5. The number of anilines is 3. The van der Waals surface area contributed by atoms with Gasteiger partial charge in [-0.25, -0.2) is 0 Å². The van der Waals surface area contributed by atoms with Gasteiger partial charge in [-0.05, 0) is 0 Å². The third-order valence-corrected chi connectivity index (χ3v) is 0.687. The van der Waals surface area contributed by atoms with Crippen LogP contribution < -0.4 is 38.0 Å². The first-order chi connectivity index (χ1) is 6.18. The van der Waals surface area contributed by atoms with Gasteiger partial charge in [0.15, 0.2) is 0 Å². The summed E-state index contributed by atoms with van der Waals surface area (Å²) in [6, 6.07) is 0. The number of quaternary nitrogens is 1. The van der Waals surface area contributed by atoms with Gasteiger partial charge in [0.05, 0.1) is 0 Å². The van der Waals surface area contributed by atoms with E-state index in [1.54, 1.807) is 0 Å². The molecule has 1 aromatic heterocycles. The molecule has 14 N–H and O–H groups in total. The smallest absolute Gasteiger partial charge is 0.226 e. The number of hydrogen-bond donors (Lipinski definition) is 4. The van der Waals surface area contributed by atoms with E-state index in [1.807, 2.05) is 0 Å². The van der Waals surface area contributed by atoms with Gasteiger partial charge >= 0.3 is 0 Å². The lowest BCUT2D eigenvalue weighted by Gasteiger charge is -2.36. The lowest BCUT2D eigenvalue weighted by molar-refractivity contribution is -0.432. The van der Waals surface area contributed by atoms with Gasteiger partial charge in [0.1, 0.15) is 0 Å². The van der Waals surface area contributed by atoms with Crippen LogP contribution in [0.3, 0.4) is 0 Å². The highest BCUT2D eigenvalue weighted by Crippen LogP contribution is 2.03. The number of hydrogen-bond acceptors (Lipinski definition) is 10. The number of nitrogen functional groups attached to an aromatic ring is 3. The van der Waals surface area contributed by atoms with Crippen molar-refractivity contribution in [1.82, 2.24) is 21.1 Å². The van der Waals surface area contributed by atoms with Crippen LogP contribution in [0.2, 0.25) is 0 Å². The normalized spacial score (nSPS) is 8.41. The van der Waals surface area contributed by atoms with E-state index in [0.29, 0.717) is 0 Å². The highest BCUT2D eigenvalue weighted by Gasteiger charge is 1.93. The summed E-state index contributed by atoms with van der Waals surface area (Å²) < 4.78 is 8.55. The molecule has 0 bridgehead atoms. The van der Waals surface area contributed by atoms with Crippen LogP contribution in [0.15, 0.2) is 0 Å². The van der Waals surface area contributed by atoms with Crippen LogP contribution >= 0.6 is 7.82 Å². The second-order valence-electron chi connectivity index (χ2n) is 1.86. The summed E-state index contributed by atoms with van der Waals surface area (Å²) in [6.07, 6.45) is 0. The predicted octanol–water partition coefficient (Wildman–Crippen LogP) is -5.48. The largest absolute Gasteiger partial charge is 0.822 e. The molecule has 17 heavy (non-hydrogen) atoms. The minimum atomic E-state index is -5.39. The van der Waals surface area contributed by atoms with Crippen molar-refractivity contribution < 1.29 is 30.2 Å². The van der Waals surface area contributed by atoms with Crippen molar-refractivity contribution in [2.75, 3.05) is 17.2 Å². The molecule has 0 fully saturated rings. The zero-order valence-electron chi connectivity index (χ0n) is 8.65. The Kier molecular flexibility index (Phi) is 13.9. The van der Waals surface area contributed by atoms with Crippen molar-refractivity contribution in [3.05, 3.63) is 0 Å². The minimum Gasteiger partial charge on any atom is -0.822 e. The first kappa shape index (κ1) is 24.6. The monoisotopic (exact) mass is 275 g/mol. The van der Waals surface area contributed by atoms with Crippen molar-refractivity contribution in [3.8, 4) is 0 Å². The van der Waals surface area contributed by atoms with Gasteiger partial charge in [-0.15, -0.1) is 0 Å². The molecule has 0 amide bonds. The molecule has 1 aromatic rings. The van der Waals surface area contributed by atoms with Gasteiger partial charge in [-0.2, -0.15) is 22.8 Å². The Hall–Kier alpha value is -1.60. The third-order valence-electron chi connectivity index (χ3n) is 0.687. The average molecular weight is 275 g/mol. The van der Waals surface area contributed by atoms with E-state index in [-0.39, 0.29) is 34.9 Å². The number of phosphoric acid groups is 1. The topological polar surface area (TPSA) is 302 Å². The van der Waals surface area contributed by atoms with Gasteiger partial charge in [0, 0.05) is 0 Å². The molecule has 0 saturated carbocycles. The quantitative estimate of drug-likeness (QED) is 0.325.